The summed E-state index contributed by atoms with van der Waals surface area (Å²) in [5.74, 6) is 0.287. The predicted molar refractivity (Wildman–Crippen MR) is 67.2 cm³/mol. The first kappa shape index (κ1) is 13.4. The Labute approximate surface area is 101 Å². The minimum absolute atomic E-state index is 0.0354. The topological polar surface area (TPSA) is 75.4 Å². The summed E-state index contributed by atoms with van der Waals surface area (Å²) < 4.78 is 0. The maximum absolute atomic E-state index is 10.7. The highest BCUT2D eigenvalue weighted by atomic mass is 16.6. The molecule has 5 heteroatoms. The van der Waals surface area contributed by atoms with Crippen LogP contribution in [0.5, 0.6) is 0 Å². The summed E-state index contributed by atoms with van der Waals surface area (Å²) in [5.41, 5.74) is 1.52. The van der Waals surface area contributed by atoms with Crippen LogP contribution in [0.4, 0.5) is 11.4 Å². The van der Waals surface area contributed by atoms with Crippen molar-refractivity contribution in [3.05, 3.63) is 33.9 Å². The fraction of sp³-hybridized carbons (Fsp3) is 0.500. The van der Waals surface area contributed by atoms with Gasteiger partial charge in [0, 0.05) is 17.3 Å². The highest BCUT2D eigenvalue weighted by Crippen LogP contribution is 2.22. The first-order valence-corrected chi connectivity index (χ1v) is 5.58. The number of hydrogen-bond acceptors (Lipinski definition) is 4. The van der Waals surface area contributed by atoms with Crippen LogP contribution in [0.25, 0.3) is 0 Å². The van der Waals surface area contributed by atoms with E-state index in [9.17, 15) is 15.2 Å². The van der Waals surface area contributed by atoms with Gasteiger partial charge in [0.25, 0.3) is 5.69 Å². The zero-order valence-corrected chi connectivity index (χ0v) is 10.3. The number of hydrogen-bond donors (Lipinski definition) is 2. The Bertz CT molecular complexity index is 405. The van der Waals surface area contributed by atoms with E-state index in [1.54, 1.807) is 19.1 Å². The maximum Gasteiger partial charge on any atom is 0.272 e. The lowest BCUT2D eigenvalue weighted by atomic mass is 10.0. The van der Waals surface area contributed by atoms with Crippen LogP contribution in [0.15, 0.2) is 18.2 Å². The molecular formula is C12H18N2O3. The van der Waals surface area contributed by atoms with Gasteiger partial charge >= 0.3 is 0 Å². The summed E-state index contributed by atoms with van der Waals surface area (Å²) in [6, 6.07) is 4.82. The highest BCUT2D eigenvalue weighted by molar-refractivity contribution is 5.54. The van der Waals surface area contributed by atoms with Crippen LogP contribution in [0, 0.1) is 23.0 Å². The van der Waals surface area contributed by atoms with E-state index in [4.69, 9.17) is 0 Å². The second-order valence-electron chi connectivity index (χ2n) is 4.44. The number of nitro benzene ring substituents is 1. The van der Waals surface area contributed by atoms with Crippen molar-refractivity contribution in [3.8, 4) is 0 Å². The Kier molecular flexibility index (Phi) is 4.45. The third-order valence-electron chi connectivity index (χ3n) is 2.75. The van der Waals surface area contributed by atoms with E-state index >= 15 is 0 Å². The van der Waals surface area contributed by atoms with Gasteiger partial charge in [0.2, 0.25) is 0 Å². The molecule has 0 unspecified atom stereocenters. The minimum atomic E-state index is -0.398. The molecule has 0 heterocycles. The van der Waals surface area contributed by atoms with Gasteiger partial charge in [-0.05, 0) is 25.0 Å². The number of benzene rings is 1. The van der Waals surface area contributed by atoms with Crippen molar-refractivity contribution in [1.82, 2.24) is 0 Å². The molecule has 0 saturated carbocycles. The second-order valence-corrected chi connectivity index (χ2v) is 4.44. The van der Waals surface area contributed by atoms with Crippen LogP contribution in [0.1, 0.15) is 19.4 Å². The number of anilines is 1. The van der Waals surface area contributed by atoms with Crippen molar-refractivity contribution in [2.75, 3.05) is 11.9 Å². The summed E-state index contributed by atoms with van der Waals surface area (Å²) in [6.07, 6.45) is 0. The molecule has 0 aliphatic carbocycles. The maximum atomic E-state index is 10.7. The second kappa shape index (κ2) is 5.63. The largest absolute Gasteiger partial charge is 0.394 e. The molecule has 0 saturated heterocycles. The van der Waals surface area contributed by atoms with Crippen LogP contribution in [-0.2, 0) is 0 Å². The van der Waals surface area contributed by atoms with Gasteiger partial charge < -0.3 is 10.4 Å². The lowest BCUT2D eigenvalue weighted by molar-refractivity contribution is -0.385. The van der Waals surface area contributed by atoms with E-state index in [1.807, 2.05) is 13.8 Å². The van der Waals surface area contributed by atoms with E-state index in [-0.39, 0.29) is 24.3 Å². The third-order valence-corrected chi connectivity index (χ3v) is 2.75. The molecule has 0 aliphatic heterocycles. The Morgan fingerprint density at radius 1 is 1.47 bits per heavy atom. The molecule has 0 spiro atoms. The Morgan fingerprint density at radius 3 is 2.53 bits per heavy atom. The molecule has 1 atom stereocenters. The van der Waals surface area contributed by atoms with Gasteiger partial charge in [-0.2, -0.15) is 0 Å². The number of nitrogens with one attached hydrogen (secondary N) is 1. The standard InChI is InChI=1S/C12H18N2O3/c1-8(2)11(7-15)13-10-4-5-12(14(16)17)9(3)6-10/h4-6,8,11,13,15H,7H2,1-3H3/t11-/m0/s1. The molecule has 0 aliphatic rings. The van der Waals surface area contributed by atoms with Crippen LogP contribution in [-0.4, -0.2) is 22.7 Å². The minimum Gasteiger partial charge on any atom is -0.394 e. The van der Waals surface area contributed by atoms with Gasteiger partial charge in [0.05, 0.1) is 17.6 Å². The lowest BCUT2D eigenvalue weighted by Gasteiger charge is -2.21. The van der Waals surface area contributed by atoms with E-state index in [1.165, 1.54) is 6.07 Å². The van der Waals surface area contributed by atoms with Crippen molar-refractivity contribution in [1.29, 1.82) is 0 Å². The zero-order chi connectivity index (χ0) is 13.0. The average molecular weight is 238 g/mol. The first-order chi connectivity index (χ1) is 7.95. The fourth-order valence-electron chi connectivity index (χ4n) is 1.59. The Balaban J connectivity index is 2.87. The van der Waals surface area contributed by atoms with E-state index < -0.39 is 4.92 Å². The summed E-state index contributed by atoms with van der Waals surface area (Å²) in [5, 5.41) is 23.0. The summed E-state index contributed by atoms with van der Waals surface area (Å²) in [7, 11) is 0. The first-order valence-electron chi connectivity index (χ1n) is 5.58. The summed E-state index contributed by atoms with van der Waals surface area (Å²) in [4.78, 5) is 10.3. The highest BCUT2D eigenvalue weighted by Gasteiger charge is 2.14. The van der Waals surface area contributed by atoms with Crippen molar-refractivity contribution >= 4 is 11.4 Å². The van der Waals surface area contributed by atoms with E-state index in [2.05, 4.69) is 5.32 Å². The predicted octanol–water partition coefficient (Wildman–Crippen LogP) is 2.33. The van der Waals surface area contributed by atoms with Gasteiger partial charge in [0.1, 0.15) is 0 Å². The molecule has 0 bridgehead atoms. The molecule has 0 fully saturated rings. The van der Waals surface area contributed by atoms with Crippen molar-refractivity contribution in [2.24, 2.45) is 5.92 Å². The molecule has 17 heavy (non-hydrogen) atoms. The zero-order valence-electron chi connectivity index (χ0n) is 10.3. The molecule has 0 aromatic heterocycles. The van der Waals surface area contributed by atoms with Crippen LogP contribution < -0.4 is 5.32 Å². The molecule has 0 amide bonds. The molecule has 1 aromatic carbocycles. The van der Waals surface area contributed by atoms with E-state index in [0.29, 0.717) is 5.56 Å². The lowest BCUT2D eigenvalue weighted by Crippen LogP contribution is -2.29. The molecule has 94 valence electrons. The number of aliphatic hydroxyl groups excluding tert-OH is 1. The number of nitro groups is 1. The molecular weight excluding hydrogens is 220 g/mol. The summed E-state index contributed by atoms with van der Waals surface area (Å²) >= 11 is 0. The monoisotopic (exact) mass is 238 g/mol. The number of rotatable bonds is 5. The van der Waals surface area contributed by atoms with Gasteiger partial charge in [-0.15, -0.1) is 0 Å². The molecule has 2 N–H and O–H groups in total. The van der Waals surface area contributed by atoms with Crippen molar-refractivity contribution in [2.45, 2.75) is 26.8 Å². The van der Waals surface area contributed by atoms with Crippen LogP contribution in [0.3, 0.4) is 0 Å². The number of aliphatic hydroxyl groups is 1. The van der Waals surface area contributed by atoms with Gasteiger partial charge in [-0.1, -0.05) is 13.8 Å². The molecule has 5 nitrogen and oxygen atoms in total. The SMILES string of the molecule is Cc1cc(N[C@@H](CO)C(C)C)ccc1[N+](=O)[O-]. The average Bonchev–Trinajstić information content (AvgIpc) is 2.24. The van der Waals surface area contributed by atoms with Crippen LogP contribution in [0.2, 0.25) is 0 Å². The fourth-order valence-corrected chi connectivity index (χ4v) is 1.59. The summed E-state index contributed by atoms with van der Waals surface area (Å²) in [6.45, 7) is 5.75. The van der Waals surface area contributed by atoms with Gasteiger partial charge in [-0.3, -0.25) is 10.1 Å². The smallest absolute Gasteiger partial charge is 0.272 e. The van der Waals surface area contributed by atoms with E-state index in [0.717, 1.165) is 5.69 Å². The Morgan fingerprint density at radius 2 is 2.12 bits per heavy atom. The third kappa shape index (κ3) is 3.42. The van der Waals surface area contributed by atoms with Crippen molar-refractivity contribution in [3.63, 3.8) is 0 Å². The Hall–Kier alpha value is -1.62. The molecule has 1 aromatic rings. The van der Waals surface area contributed by atoms with Crippen LogP contribution >= 0.6 is 0 Å². The normalized spacial score (nSPS) is 12.5. The number of nitrogens with zero attached hydrogens (tertiary/aromatic N) is 1. The molecule has 0 radical (unpaired) electrons. The number of aryl methyl sites for hydroxylation is 1. The van der Waals surface area contributed by atoms with Gasteiger partial charge in [-0.25, -0.2) is 0 Å². The van der Waals surface area contributed by atoms with Gasteiger partial charge in [0.15, 0.2) is 0 Å². The molecule has 1 rings (SSSR count). The van der Waals surface area contributed by atoms with Crippen molar-refractivity contribution < 1.29 is 10.0 Å². The quantitative estimate of drug-likeness (QED) is 0.609.